The fourth-order valence-electron chi connectivity index (χ4n) is 1.97. The molecule has 3 nitrogen and oxygen atoms in total. The number of nitrogens with zero attached hydrogens (tertiary/aromatic N) is 1. The van der Waals surface area contributed by atoms with Gasteiger partial charge in [-0.3, -0.25) is 4.79 Å². The van der Waals surface area contributed by atoms with E-state index in [1.54, 1.807) is 11.3 Å². The molecule has 0 aliphatic carbocycles. The monoisotopic (exact) mass is 482 g/mol. The highest BCUT2D eigenvalue weighted by Gasteiger charge is 2.08. The van der Waals surface area contributed by atoms with Crippen LogP contribution in [0.3, 0.4) is 0 Å². The zero-order chi connectivity index (χ0) is 16.9. The van der Waals surface area contributed by atoms with Crippen LogP contribution in [0.25, 0.3) is 11.3 Å². The molecule has 3 rings (SSSR count). The summed E-state index contributed by atoms with van der Waals surface area (Å²) in [5, 5.41) is 4.89. The van der Waals surface area contributed by atoms with Crippen LogP contribution in [0.5, 0.6) is 0 Å². The Morgan fingerprint density at radius 2 is 1.92 bits per heavy atom. The number of rotatable bonds is 5. The normalized spacial score (nSPS) is 10.6. The molecule has 0 saturated carbocycles. The van der Waals surface area contributed by atoms with Crippen LogP contribution in [0.1, 0.15) is 0 Å². The topological polar surface area (TPSA) is 42.0 Å². The summed E-state index contributed by atoms with van der Waals surface area (Å²) in [6.45, 7) is 0. The molecule has 0 unspecified atom stereocenters. The zero-order valence-electron chi connectivity index (χ0n) is 12.3. The molecule has 1 amide bonds. The zero-order valence-corrected chi connectivity index (χ0v) is 17.1. The summed E-state index contributed by atoms with van der Waals surface area (Å²) in [4.78, 5) is 16.6. The maximum Gasteiger partial charge on any atom is 0.234 e. The van der Waals surface area contributed by atoms with Crippen molar-refractivity contribution >= 4 is 66.6 Å². The highest BCUT2D eigenvalue weighted by molar-refractivity contribution is 9.10. The third-order valence-corrected chi connectivity index (χ3v) is 6.10. The Bertz CT molecular complexity index is 850. The molecular formula is C17H12Br2N2OS2. The number of thiazole rings is 1. The molecule has 0 aliphatic heterocycles. The summed E-state index contributed by atoms with van der Waals surface area (Å²) in [6.07, 6.45) is 0. The lowest BCUT2D eigenvalue weighted by Gasteiger charge is -2.04. The van der Waals surface area contributed by atoms with Gasteiger partial charge < -0.3 is 5.32 Å². The number of thioether (sulfide) groups is 1. The van der Waals surface area contributed by atoms with Gasteiger partial charge in [-0.1, -0.05) is 61.8 Å². The molecule has 3 aromatic rings. The van der Waals surface area contributed by atoms with E-state index in [4.69, 9.17) is 0 Å². The van der Waals surface area contributed by atoms with Crippen molar-refractivity contribution in [1.82, 2.24) is 4.98 Å². The highest BCUT2D eigenvalue weighted by Crippen LogP contribution is 2.29. The Balaban J connectivity index is 1.57. The van der Waals surface area contributed by atoms with Crippen molar-refractivity contribution in [2.24, 2.45) is 0 Å². The summed E-state index contributed by atoms with van der Waals surface area (Å²) < 4.78 is 2.87. The summed E-state index contributed by atoms with van der Waals surface area (Å²) in [5.41, 5.74) is 2.78. The molecule has 1 N–H and O–H groups in total. The number of halogens is 2. The standard InChI is InChI=1S/C17H12Br2N2OS2/c18-12-6-4-11(5-7-12)15-9-23-17(21-15)24-10-16(22)20-14-3-1-2-13(19)8-14/h1-9H,10H2,(H,20,22). The first-order valence-electron chi connectivity index (χ1n) is 7.00. The van der Waals surface area contributed by atoms with Crippen LogP contribution in [-0.2, 0) is 4.79 Å². The highest BCUT2D eigenvalue weighted by atomic mass is 79.9. The van der Waals surface area contributed by atoms with E-state index in [1.165, 1.54) is 11.8 Å². The number of aromatic nitrogens is 1. The number of hydrogen-bond donors (Lipinski definition) is 1. The van der Waals surface area contributed by atoms with Crippen molar-refractivity contribution in [3.63, 3.8) is 0 Å². The first kappa shape index (κ1) is 17.7. The number of hydrogen-bond acceptors (Lipinski definition) is 4. The van der Waals surface area contributed by atoms with Gasteiger partial charge in [0.2, 0.25) is 5.91 Å². The number of nitrogens with one attached hydrogen (secondary N) is 1. The van der Waals surface area contributed by atoms with E-state index in [1.807, 2.05) is 53.9 Å². The summed E-state index contributed by atoms with van der Waals surface area (Å²) in [6, 6.07) is 15.6. The molecule has 1 heterocycles. The third kappa shape index (κ3) is 4.92. The SMILES string of the molecule is O=C(CSc1nc(-c2ccc(Br)cc2)cs1)Nc1cccc(Br)c1. The Hall–Kier alpha value is -1.15. The second kappa shape index (κ2) is 8.29. The molecule has 0 fully saturated rings. The van der Waals surface area contributed by atoms with E-state index in [0.29, 0.717) is 5.75 Å². The summed E-state index contributed by atoms with van der Waals surface area (Å²) >= 11 is 9.81. The maximum absolute atomic E-state index is 12.0. The van der Waals surface area contributed by atoms with E-state index in [9.17, 15) is 4.79 Å². The van der Waals surface area contributed by atoms with Crippen molar-refractivity contribution in [3.05, 3.63) is 62.9 Å². The van der Waals surface area contributed by atoms with Gasteiger partial charge in [-0.25, -0.2) is 4.98 Å². The lowest BCUT2D eigenvalue weighted by molar-refractivity contribution is -0.113. The fraction of sp³-hybridized carbons (Fsp3) is 0.0588. The number of carbonyl (C=O) groups excluding carboxylic acids is 1. The van der Waals surface area contributed by atoms with Gasteiger partial charge in [-0.15, -0.1) is 11.3 Å². The predicted octanol–water partition coefficient (Wildman–Crippen LogP) is 6.07. The van der Waals surface area contributed by atoms with E-state index < -0.39 is 0 Å². The largest absolute Gasteiger partial charge is 0.325 e. The number of amides is 1. The number of benzene rings is 2. The van der Waals surface area contributed by atoms with Crippen molar-refractivity contribution in [2.45, 2.75) is 4.34 Å². The van der Waals surface area contributed by atoms with Crippen LogP contribution in [0.2, 0.25) is 0 Å². The average molecular weight is 484 g/mol. The molecule has 0 spiro atoms. The molecule has 0 saturated heterocycles. The van der Waals surface area contributed by atoms with E-state index in [0.717, 1.165) is 30.2 Å². The first-order chi connectivity index (χ1) is 11.6. The minimum Gasteiger partial charge on any atom is -0.325 e. The Morgan fingerprint density at radius 1 is 1.12 bits per heavy atom. The number of carbonyl (C=O) groups is 1. The molecule has 2 aromatic carbocycles. The van der Waals surface area contributed by atoms with Gasteiger partial charge in [-0.2, -0.15) is 0 Å². The molecular weight excluding hydrogens is 472 g/mol. The summed E-state index contributed by atoms with van der Waals surface area (Å²) in [7, 11) is 0. The quantitative estimate of drug-likeness (QED) is 0.448. The Kier molecular flexibility index (Phi) is 6.10. The lowest BCUT2D eigenvalue weighted by atomic mass is 10.2. The molecule has 0 radical (unpaired) electrons. The number of anilines is 1. The minimum absolute atomic E-state index is 0.0431. The third-order valence-electron chi connectivity index (χ3n) is 3.06. The minimum atomic E-state index is -0.0431. The van der Waals surface area contributed by atoms with Crippen molar-refractivity contribution in [3.8, 4) is 11.3 Å². The molecule has 0 aliphatic rings. The molecule has 1 aromatic heterocycles. The van der Waals surface area contributed by atoms with Crippen LogP contribution in [0.4, 0.5) is 5.69 Å². The van der Waals surface area contributed by atoms with Crippen molar-refractivity contribution < 1.29 is 4.79 Å². The molecule has 122 valence electrons. The molecule has 24 heavy (non-hydrogen) atoms. The van der Waals surface area contributed by atoms with E-state index in [2.05, 4.69) is 42.2 Å². The lowest BCUT2D eigenvalue weighted by Crippen LogP contribution is -2.13. The van der Waals surface area contributed by atoms with Gasteiger partial charge >= 0.3 is 0 Å². The van der Waals surface area contributed by atoms with Crippen LogP contribution < -0.4 is 5.32 Å². The second-order valence-corrected chi connectivity index (χ2v) is 8.76. The van der Waals surface area contributed by atoms with Crippen LogP contribution in [0.15, 0.2) is 67.2 Å². The summed E-state index contributed by atoms with van der Waals surface area (Å²) in [5.74, 6) is 0.290. The van der Waals surface area contributed by atoms with Crippen molar-refractivity contribution in [2.75, 3.05) is 11.1 Å². The smallest absolute Gasteiger partial charge is 0.234 e. The first-order valence-corrected chi connectivity index (χ1v) is 10.4. The molecule has 7 heteroatoms. The van der Waals surface area contributed by atoms with E-state index >= 15 is 0 Å². The van der Waals surface area contributed by atoms with Gasteiger partial charge in [0, 0.05) is 25.6 Å². The van der Waals surface area contributed by atoms with Gasteiger partial charge in [0.15, 0.2) is 4.34 Å². The van der Waals surface area contributed by atoms with Gasteiger partial charge in [0.25, 0.3) is 0 Å². The Morgan fingerprint density at radius 3 is 2.67 bits per heavy atom. The van der Waals surface area contributed by atoms with Crippen LogP contribution in [-0.4, -0.2) is 16.6 Å². The van der Waals surface area contributed by atoms with Crippen molar-refractivity contribution in [1.29, 1.82) is 0 Å². The predicted molar refractivity (Wildman–Crippen MR) is 109 cm³/mol. The van der Waals surface area contributed by atoms with E-state index in [-0.39, 0.29) is 5.91 Å². The second-order valence-electron chi connectivity index (χ2n) is 4.85. The van der Waals surface area contributed by atoms with Gasteiger partial charge in [-0.05, 0) is 30.3 Å². The van der Waals surface area contributed by atoms with Crippen LogP contribution >= 0.6 is 55.0 Å². The molecule has 0 atom stereocenters. The maximum atomic E-state index is 12.0. The fourth-order valence-corrected chi connectivity index (χ4v) is 4.27. The van der Waals surface area contributed by atoms with Gasteiger partial charge in [0.05, 0.1) is 11.4 Å². The van der Waals surface area contributed by atoms with Gasteiger partial charge in [0.1, 0.15) is 0 Å². The van der Waals surface area contributed by atoms with Crippen LogP contribution in [0, 0.1) is 0 Å². The molecule has 0 bridgehead atoms. The average Bonchev–Trinajstić information content (AvgIpc) is 3.03. The Labute approximate surface area is 165 Å².